The van der Waals surface area contributed by atoms with E-state index in [2.05, 4.69) is 20.6 Å². The van der Waals surface area contributed by atoms with Crippen LogP contribution in [0.4, 0.5) is 0 Å². The number of rotatable bonds is 6. The van der Waals surface area contributed by atoms with Gasteiger partial charge in [-0.3, -0.25) is 0 Å². The van der Waals surface area contributed by atoms with E-state index < -0.39 is 0 Å². The number of hydrogen-bond acceptors (Lipinski definition) is 5. The van der Waals surface area contributed by atoms with E-state index in [0.29, 0.717) is 30.4 Å². The first-order chi connectivity index (χ1) is 11.1. The number of aromatic nitrogens is 1. The zero-order valence-electron chi connectivity index (χ0n) is 14.0. The highest BCUT2D eigenvalue weighted by Crippen LogP contribution is 2.23. The number of halogens is 1. The zero-order chi connectivity index (χ0) is 16.7. The Balaban J connectivity index is 0.00000288. The molecule has 132 valence electrons. The summed E-state index contributed by atoms with van der Waals surface area (Å²) in [5, 5.41) is 17.3. The lowest BCUT2D eigenvalue weighted by molar-refractivity contribution is 0.411. The summed E-state index contributed by atoms with van der Waals surface area (Å²) in [7, 11) is 1.60. The SMILES string of the molecule is CCNC(=NCc1cc(OC)ccc1O)NCc1ncc(C)s1.I. The number of benzene rings is 1. The smallest absolute Gasteiger partial charge is 0.191 e. The van der Waals surface area contributed by atoms with E-state index in [0.717, 1.165) is 11.6 Å². The summed E-state index contributed by atoms with van der Waals surface area (Å²) in [6.07, 6.45) is 1.86. The molecular formula is C16H23IN4O2S. The molecule has 0 aliphatic heterocycles. The van der Waals surface area contributed by atoms with Crippen LogP contribution in [0.3, 0.4) is 0 Å². The van der Waals surface area contributed by atoms with Crippen molar-refractivity contribution in [3.8, 4) is 11.5 Å². The number of guanidine groups is 1. The Morgan fingerprint density at radius 2 is 2.17 bits per heavy atom. The number of thiazole rings is 1. The van der Waals surface area contributed by atoms with E-state index >= 15 is 0 Å². The third kappa shape index (κ3) is 6.16. The van der Waals surface area contributed by atoms with Crippen molar-refractivity contribution in [2.24, 2.45) is 4.99 Å². The molecule has 3 N–H and O–H groups in total. The van der Waals surface area contributed by atoms with Gasteiger partial charge in [-0.15, -0.1) is 35.3 Å². The fraction of sp³-hybridized carbons (Fsp3) is 0.375. The number of ether oxygens (including phenoxy) is 1. The van der Waals surface area contributed by atoms with Crippen molar-refractivity contribution in [1.82, 2.24) is 15.6 Å². The minimum atomic E-state index is 0. The Kier molecular flexibility index (Phi) is 8.83. The highest BCUT2D eigenvalue weighted by atomic mass is 127. The molecule has 0 amide bonds. The van der Waals surface area contributed by atoms with Crippen LogP contribution in [0.1, 0.15) is 22.4 Å². The standard InChI is InChI=1S/C16H22N4O2S.HI/c1-4-17-16(20-10-15-18-8-11(2)23-15)19-9-12-7-13(22-3)5-6-14(12)21;/h5-8,21H,4,9-10H2,1-3H3,(H2,17,19,20);1H. The van der Waals surface area contributed by atoms with E-state index in [-0.39, 0.29) is 29.7 Å². The maximum Gasteiger partial charge on any atom is 0.191 e. The predicted molar refractivity (Wildman–Crippen MR) is 109 cm³/mol. The molecular weight excluding hydrogens is 439 g/mol. The van der Waals surface area contributed by atoms with Crippen LogP contribution >= 0.6 is 35.3 Å². The Bertz CT molecular complexity index is 676. The summed E-state index contributed by atoms with van der Waals surface area (Å²) >= 11 is 1.66. The van der Waals surface area contributed by atoms with Crippen molar-refractivity contribution in [3.63, 3.8) is 0 Å². The highest BCUT2D eigenvalue weighted by Gasteiger charge is 2.05. The molecule has 0 radical (unpaired) electrons. The highest BCUT2D eigenvalue weighted by molar-refractivity contribution is 14.0. The van der Waals surface area contributed by atoms with E-state index in [9.17, 15) is 5.11 Å². The minimum Gasteiger partial charge on any atom is -0.508 e. The average Bonchev–Trinajstić information content (AvgIpc) is 2.97. The van der Waals surface area contributed by atoms with E-state index in [1.807, 2.05) is 20.0 Å². The lowest BCUT2D eigenvalue weighted by atomic mass is 10.2. The largest absolute Gasteiger partial charge is 0.508 e. The summed E-state index contributed by atoms with van der Waals surface area (Å²) in [5.74, 6) is 1.59. The molecule has 0 saturated carbocycles. The van der Waals surface area contributed by atoms with Crippen LogP contribution in [0.25, 0.3) is 0 Å². The molecule has 0 spiro atoms. The summed E-state index contributed by atoms with van der Waals surface area (Å²) in [4.78, 5) is 10.0. The Hall–Kier alpha value is -1.55. The van der Waals surface area contributed by atoms with E-state index in [1.54, 1.807) is 36.6 Å². The fourth-order valence-corrected chi connectivity index (χ4v) is 2.69. The lowest BCUT2D eigenvalue weighted by Gasteiger charge is -2.11. The third-order valence-corrected chi connectivity index (χ3v) is 4.03. The molecule has 1 aromatic heterocycles. The molecule has 2 rings (SSSR count). The molecule has 0 fully saturated rings. The second-order valence-corrected chi connectivity index (χ2v) is 6.23. The molecule has 2 aromatic rings. The van der Waals surface area contributed by atoms with Crippen molar-refractivity contribution in [2.75, 3.05) is 13.7 Å². The van der Waals surface area contributed by atoms with Gasteiger partial charge in [0.1, 0.15) is 16.5 Å². The molecule has 0 aliphatic rings. The molecule has 1 heterocycles. The first-order valence-electron chi connectivity index (χ1n) is 7.41. The Morgan fingerprint density at radius 3 is 2.79 bits per heavy atom. The van der Waals surface area contributed by atoms with Gasteiger partial charge >= 0.3 is 0 Å². The maximum absolute atomic E-state index is 9.91. The number of phenolic OH excluding ortho intramolecular Hbond substituents is 1. The molecule has 1 aromatic carbocycles. The van der Waals surface area contributed by atoms with Crippen molar-refractivity contribution in [1.29, 1.82) is 0 Å². The second-order valence-electron chi connectivity index (χ2n) is 4.91. The minimum absolute atomic E-state index is 0. The lowest BCUT2D eigenvalue weighted by Crippen LogP contribution is -2.36. The zero-order valence-corrected chi connectivity index (χ0v) is 17.1. The van der Waals surface area contributed by atoms with Crippen LogP contribution < -0.4 is 15.4 Å². The molecule has 0 aliphatic carbocycles. The van der Waals surface area contributed by atoms with Gasteiger partial charge in [0.15, 0.2) is 5.96 Å². The number of hydrogen-bond donors (Lipinski definition) is 3. The number of aromatic hydroxyl groups is 1. The van der Waals surface area contributed by atoms with Crippen molar-refractivity contribution < 1.29 is 9.84 Å². The van der Waals surface area contributed by atoms with Crippen LogP contribution in [0.15, 0.2) is 29.4 Å². The van der Waals surface area contributed by atoms with Crippen molar-refractivity contribution in [2.45, 2.75) is 26.9 Å². The molecule has 0 saturated heterocycles. The Labute approximate surface area is 163 Å². The van der Waals surface area contributed by atoms with E-state index in [1.165, 1.54) is 4.88 Å². The summed E-state index contributed by atoms with van der Waals surface area (Å²) in [6.45, 7) is 5.77. The second kappa shape index (κ2) is 10.3. The number of aliphatic imine (C=N–C) groups is 1. The summed E-state index contributed by atoms with van der Waals surface area (Å²) in [5.41, 5.74) is 0.714. The Morgan fingerprint density at radius 1 is 1.38 bits per heavy atom. The predicted octanol–water partition coefficient (Wildman–Crippen LogP) is 3.04. The van der Waals surface area contributed by atoms with Crippen LogP contribution in [-0.4, -0.2) is 29.7 Å². The molecule has 0 unspecified atom stereocenters. The fourth-order valence-electron chi connectivity index (χ4n) is 1.96. The molecule has 0 atom stereocenters. The first kappa shape index (κ1) is 20.5. The average molecular weight is 462 g/mol. The van der Waals surface area contributed by atoms with Crippen LogP contribution in [-0.2, 0) is 13.1 Å². The van der Waals surface area contributed by atoms with Gasteiger partial charge in [-0.25, -0.2) is 9.98 Å². The van der Waals surface area contributed by atoms with Crippen molar-refractivity contribution >= 4 is 41.3 Å². The number of aryl methyl sites for hydroxylation is 1. The summed E-state index contributed by atoms with van der Waals surface area (Å²) in [6, 6.07) is 5.12. The van der Waals surface area contributed by atoms with Gasteiger partial charge in [-0.2, -0.15) is 0 Å². The topological polar surface area (TPSA) is 78.8 Å². The van der Waals surface area contributed by atoms with Gasteiger partial charge in [0.2, 0.25) is 0 Å². The quantitative estimate of drug-likeness (QED) is 0.350. The number of phenols is 1. The molecule has 8 heteroatoms. The third-order valence-electron chi connectivity index (χ3n) is 3.11. The number of methoxy groups -OCH3 is 1. The van der Waals surface area contributed by atoms with Gasteiger partial charge in [-0.1, -0.05) is 0 Å². The monoisotopic (exact) mass is 462 g/mol. The summed E-state index contributed by atoms with van der Waals surface area (Å²) < 4.78 is 5.17. The molecule has 6 nitrogen and oxygen atoms in total. The van der Waals surface area contributed by atoms with Crippen LogP contribution in [0, 0.1) is 6.92 Å². The van der Waals surface area contributed by atoms with Crippen molar-refractivity contribution in [3.05, 3.63) is 39.8 Å². The number of nitrogens with one attached hydrogen (secondary N) is 2. The normalized spacial score (nSPS) is 10.9. The van der Waals surface area contributed by atoms with Gasteiger partial charge in [0, 0.05) is 23.2 Å². The van der Waals surface area contributed by atoms with Gasteiger partial charge < -0.3 is 20.5 Å². The maximum atomic E-state index is 9.91. The van der Waals surface area contributed by atoms with E-state index in [4.69, 9.17) is 4.74 Å². The van der Waals surface area contributed by atoms with Gasteiger partial charge in [0.25, 0.3) is 0 Å². The number of nitrogens with zero attached hydrogens (tertiary/aromatic N) is 2. The first-order valence-corrected chi connectivity index (χ1v) is 8.23. The molecule has 24 heavy (non-hydrogen) atoms. The van der Waals surface area contributed by atoms with Crippen LogP contribution in [0.2, 0.25) is 0 Å². The van der Waals surface area contributed by atoms with Gasteiger partial charge in [0.05, 0.1) is 20.2 Å². The molecule has 0 bridgehead atoms. The van der Waals surface area contributed by atoms with Gasteiger partial charge in [-0.05, 0) is 32.0 Å². The van der Waals surface area contributed by atoms with Crippen LogP contribution in [0.5, 0.6) is 11.5 Å².